The Balaban J connectivity index is 1.58. The Morgan fingerprint density at radius 1 is 1.14 bits per heavy atom. The van der Waals surface area contributed by atoms with Crippen LogP contribution in [0.4, 0.5) is 0 Å². The molecule has 0 fully saturated rings. The van der Waals surface area contributed by atoms with Crippen LogP contribution in [0.3, 0.4) is 0 Å². The zero-order valence-electron chi connectivity index (χ0n) is 11.2. The molecule has 5 heteroatoms. The summed E-state index contributed by atoms with van der Waals surface area (Å²) in [7, 11) is 0. The molecule has 3 aromatic rings. The predicted octanol–water partition coefficient (Wildman–Crippen LogP) is 3.34. The number of hydrogen-bond acceptors (Lipinski definition) is 3. The Labute approximate surface area is 126 Å². The lowest BCUT2D eigenvalue weighted by molar-refractivity contribution is -0.120. The van der Waals surface area contributed by atoms with Crippen molar-refractivity contribution in [1.29, 1.82) is 0 Å². The molecule has 106 valence electrons. The van der Waals surface area contributed by atoms with Crippen molar-refractivity contribution in [3.05, 3.63) is 65.0 Å². The van der Waals surface area contributed by atoms with Crippen LogP contribution in [-0.4, -0.2) is 10.9 Å². The Hall–Kier alpha value is -2.33. The van der Waals surface area contributed by atoms with Crippen LogP contribution in [0, 0.1) is 0 Å². The first-order chi connectivity index (χ1) is 10.2. The highest BCUT2D eigenvalue weighted by Gasteiger charge is 2.05. The number of carbonyl (C=O) groups is 1. The van der Waals surface area contributed by atoms with Crippen LogP contribution in [0.15, 0.2) is 53.3 Å². The minimum Gasteiger partial charge on any atom is -0.443 e. The second-order valence-corrected chi connectivity index (χ2v) is 5.17. The van der Waals surface area contributed by atoms with Crippen LogP contribution in [0.1, 0.15) is 11.1 Å². The van der Waals surface area contributed by atoms with Crippen LogP contribution < -0.4 is 5.32 Å². The quantitative estimate of drug-likeness (QED) is 0.804. The summed E-state index contributed by atoms with van der Waals surface area (Å²) in [5.41, 5.74) is 3.44. The lowest BCUT2D eigenvalue weighted by Gasteiger charge is -2.05. The van der Waals surface area contributed by atoms with Gasteiger partial charge in [-0.05, 0) is 35.4 Å². The molecule has 0 aliphatic rings. The molecule has 1 heterocycles. The maximum absolute atomic E-state index is 11.9. The Kier molecular flexibility index (Phi) is 3.88. The summed E-state index contributed by atoms with van der Waals surface area (Å²) in [6.07, 6.45) is 1.75. The van der Waals surface area contributed by atoms with Gasteiger partial charge in [-0.1, -0.05) is 29.8 Å². The molecule has 0 unspecified atom stereocenters. The van der Waals surface area contributed by atoms with Gasteiger partial charge >= 0.3 is 0 Å². The van der Waals surface area contributed by atoms with Crippen molar-refractivity contribution >= 4 is 28.6 Å². The van der Waals surface area contributed by atoms with Crippen LogP contribution in [-0.2, 0) is 17.8 Å². The summed E-state index contributed by atoms with van der Waals surface area (Å²) in [5, 5.41) is 3.55. The minimum absolute atomic E-state index is 0.0324. The van der Waals surface area contributed by atoms with E-state index in [-0.39, 0.29) is 5.91 Å². The molecular weight excluding hydrogens is 288 g/mol. The molecular formula is C16H13ClN2O2. The molecule has 21 heavy (non-hydrogen) atoms. The van der Waals surface area contributed by atoms with Gasteiger partial charge in [0.1, 0.15) is 5.52 Å². The van der Waals surface area contributed by atoms with Crippen molar-refractivity contribution in [3.63, 3.8) is 0 Å². The zero-order chi connectivity index (χ0) is 14.7. The molecule has 0 atom stereocenters. The molecule has 0 aliphatic heterocycles. The fourth-order valence-corrected chi connectivity index (χ4v) is 2.19. The summed E-state index contributed by atoms with van der Waals surface area (Å²) in [6, 6.07) is 12.9. The number of rotatable bonds is 4. The van der Waals surface area contributed by atoms with Gasteiger partial charge in [-0.3, -0.25) is 4.79 Å². The SMILES string of the molecule is O=C(Cc1ccc(Cl)cc1)NCc1ccc2ncoc2c1. The monoisotopic (exact) mass is 300 g/mol. The summed E-state index contributed by atoms with van der Waals surface area (Å²) >= 11 is 5.81. The number of fused-ring (bicyclic) bond motifs is 1. The summed E-state index contributed by atoms with van der Waals surface area (Å²) in [4.78, 5) is 16.0. The topological polar surface area (TPSA) is 55.1 Å². The highest BCUT2D eigenvalue weighted by molar-refractivity contribution is 6.30. The van der Waals surface area contributed by atoms with Crippen molar-refractivity contribution < 1.29 is 9.21 Å². The van der Waals surface area contributed by atoms with E-state index in [1.165, 1.54) is 6.39 Å². The smallest absolute Gasteiger partial charge is 0.224 e. The number of nitrogens with zero attached hydrogens (tertiary/aromatic N) is 1. The van der Waals surface area contributed by atoms with Crippen LogP contribution in [0.2, 0.25) is 5.02 Å². The maximum Gasteiger partial charge on any atom is 0.224 e. The van der Waals surface area contributed by atoms with Gasteiger partial charge < -0.3 is 9.73 Å². The molecule has 2 aromatic carbocycles. The average molecular weight is 301 g/mol. The number of halogens is 1. The largest absolute Gasteiger partial charge is 0.443 e. The van der Waals surface area contributed by atoms with Gasteiger partial charge in [0.15, 0.2) is 12.0 Å². The second kappa shape index (κ2) is 5.97. The van der Waals surface area contributed by atoms with E-state index in [9.17, 15) is 4.79 Å². The summed E-state index contributed by atoms with van der Waals surface area (Å²) in [5.74, 6) is -0.0324. The lowest BCUT2D eigenvalue weighted by atomic mass is 10.1. The normalized spacial score (nSPS) is 10.7. The number of oxazole rings is 1. The number of hydrogen-bond donors (Lipinski definition) is 1. The van der Waals surface area contributed by atoms with Gasteiger partial charge in [-0.15, -0.1) is 0 Å². The third-order valence-electron chi connectivity index (χ3n) is 3.16. The van der Waals surface area contributed by atoms with Crippen LogP contribution in [0.25, 0.3) is 11.1 Å². The van der Waals surface area contributed by atoms with Crippen LogP contribution >= 0.6 is 11.6 Å². The van der Waals surface area contributed by atoms with Gasteiger partial charge in [0, 0.05) is 11.6 Å². The number of aromatic nitrogens is 1. The van der Waals surface area contributed by atoms with E-state index < -0.39 is 0 Å². The number of carbonyl (C=O) groups excluding carboxylic acids is 1. The van der Waals surface area contributed by atoms with E-state index >= 15 is 0 Å². The van der Waals surface area contributed by atoms with E-state index in [2.05, 4.69) is 10.3 Å². The van der Waals surface area contributed by atoms with Gasteiger partial charge in [-0.25, -0.2) is 4.98 Å². The molecule has 1 amide bonds. The highest BCUT2D eigenvalue weighted by Crippen LogP contribution is 2.14. The fraction of sp³-hybridized carbons (Fsp3) is 0.125. The highest BCUT2D eigenvalue weighted by atomic mass is 35.5. The van der Waals surface area contributed by atoms with Crippen molar-refractivity contribution in [2.45, 2.75) is 13.0 Å². The first-order valence-corrected chi connectivity index (χ1v) is 6.92. The zero-order valence-corrected chi connectivity index (χ0v) is 11.9. The first kappa shape index (κ1) is 13.6. The van der Waals surface area contributed by atoms with E-state index in [1.54, 1.807) is 12.1 Å². The van der Waals surface area contributed by atoms with Crippen molar-refractivity contribution in [2.24, 2.45) is 0 Å². The predicted molar refractivity (Wildman–Crippen MR) is 81.0 cm³/mol. The van der Waals surface area contributed by atoms with Crippen molar-refractivity contribution in [1.82, 2.24) is 10.3 Å². The fourth-order valence-electron chi connectivity index (χ4n) is 2.06. The molecule has 0 saturated carbocycles. The average Bonchev–Trinajstić information content (AvgIpc) is 2.95. The summed E-state index contributed by atoms with van der Waals surface area (Å²) in [6.45, 7) is 0.461. The molecule has 3 rings (SSSR count). The lowest BCUT2D eigenvalue weighted by Crippen LogP contribution is -2.24. The molecule has 1 N–H and O–H groups in total. The third kappa shape index (κ3) is 3.41. The van der Waals surface area contributed by atoms with Gasteiger partial charge in [0.05, 0.1) is 6.42 Å². The van der Waals surface area contributed by atoms with Gasteiger partial charge in [0.25, 0.3) is 0 Å². The molecule has 4 nitrogen and oxygen atoms in total. The second-order valence-electron chi connectivity index (χ2n) is 4.73. The Morgan fingerprint density at radius 3 is 2.71 bits per heavy atom. The van der Waals surface area contributed by atoms with E-state index in [0.29, 0.717) is 18.0 Å². The molecule has 0 bridgehead atoms. The number of benzene rings is 2. The molecule has 1 aromatic heterocycles. The number of nitrogens with one attached hydrogen (secondary N) is 1. The van der Waals surface area contributed by atoms with Crippen molar-refractivity contribution in [3.8, 4) is 0 Å². The minimum atomic E-state index is -0.0324. The van der Waals surface area contributed by atoms with Gasteiger partial charge in [-0.2, -0.15) is 0 Å². The third-order valence-corrected chi connectivity index (χ3v) is 3.42. The molecule has 0 saturated heterocycles. The van der Waals surface area contributed by atoms with E-state index in [1.807, 2.05) is 30.3 Å². The number of amides is 1. The molecule has 0 radical (unpaired) electrons. The first-order valence-electron chi connectivity index (χ1n) is 6.54. The van der Waals surface area contributed by atoms with E-state index in [4.69, 9.17) is 16.0 Å². The Bertz CT molecular complexity index is 765. The maximum atomic E-state index is 11.9. The van der Waals surface area contributed by atoms with Crippen LogP contribution in [0.5, 0.6) is 0 Å². The molecule has 0 spiro atoms. The standard InChI is InChI=1S/C16H13ClN2O2/c17-13-4-1-11(2-5-13)8-16(20)18-9-12-3-6-14-15(7-12)21-10-19-14/h1-7,10H,8-9H2,(H,18,20). The molecule has 0 aliphatic carbocycles. The van der Waals surface area contributed by atoms with E-state index in [0.717, 1.165) is 22.2 Å². The van der Waals surface area contributed by atoms with Gasteiger partial charge in [0.2, 0.25) is 5.91 Å². The Morgan fingerprint density at radius 2 is 1.90 bits per heavy atom. The van der Waals surface area contributed by atoms with Crippen molar-refractivity contribution in [2.75, 3.05) is 0 Å². The summed E-state index contributed by atoms with van der Waals surface area (Å²) < 4.78 is 5.24.